The molecule has 0 saturated carbocycles. The van der Waals surface area contributed by atoms with Crippen molar-refractivity contribution in [3.63, 3.8) is 0 Å². The molecular formula is C7H15BO2. The van der Waals surface area contributed by atoms with E-state index in [1.54, 1.807) is 0 Å². The molecule has 0 aromatic rings. The molecule has 0 aliphatic heterocycles. The fourth-order valence-corrected chi connectivity index (χ4v) is 0.609. The van der Waals surface area contributed by atoms with Crippen LogP contribution in [0.15, 0.2) is 12.8 Å². The summed E-state index contributed by atoms with van der Waals surface area (Å²) in [6.07, 6.45) is 4.97. The summed E-state index contributed by atoms with van der Waals surface area (Å²) in [5.41, 5.74) is 0. The van der Waals surface area contributed by atoms with Crippen LogP contribution in [0.5, 0.6) is 0 Å². The van der Waals surface area contributed by atoms with Crippen LogP contribution >= 0.6 is 0 Å². The van der Waals surface area contributed by atoms with Crippen molar-refractivity contribution in [2.75, 3.05) is 6.61 Å². The van der Waals surface area contributed by atoms with Crippen LogP contribution in [0.25, 0.3) is 0 Å². The lowest BCUT2D eigenvalue weighted by atomic mass is 10.2. The molecule has 0 aromatic heterocycles. The van der Waals surface area contributed by atoms with Gasteiger partial charge in [-0.15, -0.1) is 0 Å². The normalized spacial score (nSPS) is 8.90. The SMILES string of the molecule is C=COBOCCCCC. The van der Waals surface area contributed by atoms with Crippen molar-refractivity contribution in [2.24, 2.45) is 0 Å². The molecule has 2 nitrogen and oxygen atoms in total. The van der Waals surface area contributed by atoms with Gasteiger partial charge in [-0.1, -0.05) is 26.3 Å². The fraction of sp³-hybridized carbons (Fsp3) is 0.714. The van der Waals surface area contributed by atoms with Gasteiger partial charge >= 0.3 is 7.69 Å². The van der Waals surface area contributed by atoms with Crippen LogP contribution in [0.2, 0.25) is 0 Å². The van der Waals surface area contributed by atoms with Gasteiger partial charge in [-0.2, -0.15) is 0 Å². The smallest absolute Gasteiger partial charge is 0.506 e. The van der Waals surface area contributed by atoms with Gasteiger partial charge in [-0.25, -0.2) is 0 Å². The minimum Gasteiger partial charge on any atom is -0.545 e. The summed E-state index contributed by atoms with van der Waals surface area (Å²) in [6, 6.07) is 0. The second-order valence-corrected chi connectivity index (χ2v) is 2.07. The van der Waals surface area contributed by atoms with E-state index in [1.165, 1.54) is 19.1 Å². The van der Waals surface area contributed by atoms with Gasteiger partial charge in [0.1, 0.15) is 0 Å². The highest BCUT2D eigenvalue weighted by atomic mass is 16.6. The molecule has 3 heteroatoms. The van der Waals surface area contributed by atoms with Gasteiger partial charge < -0.3 is 9.31 Å². The Balaban J connectivity index is 2.70. The lowest BCUT2D eigenvalue weighted by Gasteiger charge is -1.99. The van der Waals surface area contributed by atoms with E-state index < -0.39 is 0 Å². The minimum absolute atomic E-state index is 0.340. The Morgan fingerprint density at radius 2 is 2.30 bits per heavy atom. The van der Waals surface area contributed by atoms with Gasteiger partial charge in [0.05, 0.1) is 6.26 Å². The van der Waals surface area contributed by atoms with Crippen molar-refractivity contribution in [1.29, 1.82) is 0 Å². The first-order chi connectivity index (χ1) is 4.91. The predicted octanol–water partition coefficient (Wildman–Crippen LogP) is 1.62. The Labute approximate surface area is 63.5 Å². The van der Waals surface area contributed by atoms with E-state index in [4.69, 9.17) is 9.31 Å². The highest BCUT2D eigenvalue weighted by molar-refractivity contribution is 6.18. The predicted molar refractivity (Wildman–Crippen MR) is 43.9 cm³/mol. The number of unbranched alkanes of at least 4 members (excludes halogenated alkanes) is 2. The molecule has 0 rings (SSSR count). The van der Waals surface area contributed by atoms with E-state index >= 15 is 0 Å². The Morgan fingerprint density at radius 1 is 1.50 bits per heavy atom. The van der Waals surface area contributed by atoms with E-state index in [9.17, 15) is 0 Å². The van der Waals surface area contributed by atoms with E-state index in [0.29, 0.717) is 7.69 Å². The maximum absolute atomic E-state index is 5.08. The van der Waals surface area contributed by atoms with Crippen molar-refractivity contribution in [3.05, 3.63) is 12.8 Å². The molecule has 0 unspecified atom stereocenters. The highest BCUT2D eigenvalue weighted by Gasteiger charge is 1.89. The topological polar surface area (TPSA) is 18.5 Å². The molecule has 0 fully saturated rings. The minimum atomic E-state index is 0.340. The zero-order valence-electron chi connectivity index (χ0n) is 6.64. The number of hydrogen-bond acceptors (Lipinski definition) is 2. The maximum atomic E-state index is 5.08. The lowest BCUT2D eigenvalue weighted by Crippen LogP contribution is -2.01. The molecule has 0 amide bonds. The van der Waals surface area contributed by atoms with E-state index in [2.05, 4.69) is 13.5 Å². The monoisotopic (exact) mass is 142 g/mol. The molecule has 0 aromatic carbocycles. The molecule has 0 N–H and O–H groups in total. The van der Waals surface area contributed by atoms with Gasteiger partial charge in [-0.05, 0) is 6.42 Å². The van der Waals surface area contributed by atoms with Crippen LogP contribution < -0.4 is 0 Å². The van der Waals surface area contributed by atoms with Crippen molar-refractivity contribution < 1.29 is 9.31 Å². The average Bonchev–Trinajstić information content (AvgIpc) is 1.97. The Bertz CT molecular complexity index is 76.0. The van der Waals surface area contributed by atoms with Crippen molar-refractivity contribution in [3.8, 4) is 0 Å². The molecule has 0 aliphatic rings. The van der Waals surface area contributed by atoms with Crippen LogP contribution in [0, 0.1) is 0 Å². The Morgan fingerprint density at radius 3 is 2.90 bits per heavy atom. The summed E-state index contributed by atoms with van der Waals surface area (Å²) in [4.78, 5) is 0. The average molecular weight is 142 g/mol. The molecular weight excluding hydrogens is 127 g/mol. The fourth-order valence-electron chi connectivity index (χ4n) is 0.609. The maximum Gasteiger partial charge on any atom is 0.506 e. The quantitative estimate of drug-likeness (QED) is 0.305. The van der Waals surface area contributed by atoms with E-state index in [0.717, 1.165) is 13.0 Å². The first-order valence-electron chi connectivity index (χ1n) is 3.72. The second-order valence-electron chi connectivity index (χ2n) is 2.07. The molecule has 58 valence electrons. The summed E-state index contributed by atoms with van der Waals surface area (Å²) in [7, 11) is 0.340. The second kappa shape index (κ2) is 8.56. The first-order valence-corrected chi connectivity index (χ1v) is 3.72. The van der Waals surface area contributed by atoms with Gasteiger partial charge in [0.25, 0.3) is 0 Å². The molecule has 10 heavy (non-hydrogen) atoms. The summed E-state index contributed by atoms with van der Waals surface area (Å²) < 4.78 is 9.84. The summed E-state index contributed by atoms with van der Waals surface area (Å²) in [5, 5.41) is 0. The molecule has 0 atom stereocenters. The van der Waals surface area contributed by atoms with Crippen LogP contribution in [0.3, 0.4) is 0 Å². The van der Waals surface area contributed by atoms with Gasteiger partial charge in [0.2, 0.25) is 0 Å². The van der Waals surface area contributed by atoms with E-state index in [1.807, 2.05) is 0 Å². The van der Waals surface area contributed by atoms with Gasteiger partial charge in [0, 0.05) is 6.61 Å². The lowest BCUT2D eigenvalue weighted by molar-refractivity contribution is 0.266. The van der Waals surface area contributed by atoms with Crippen molar-refractivity contribution in [1.82, 2.24) is 0 Å². The summed E-state index contributed by atoms with van der Waals surface area (Å²) >= 11 is 0. The third-order valence-electron chi connectivity index (χ3n) is 1.16. The molecule has 0 heterocycles. The molecule has 0 spiro atoms. The van der Waals surface area contributed by atoms with Crippen molar-refractivity contribution in [2.45, 2.75) is 26.2 Å². The number of rotatable bonds is 7. The van der Waals surface area contributed by atoms with Crippen LogP contribution in [-0.2, 0) is 9.31 Å². The largest absolute Gasteiger partial charge is 0.545 e. The Hall–Kier alpha value is -0.435. The highest BCUT2D eigenvalue weighted by Crippen LogP contribution is 1.93. The summed E-state index contributed by atoms with van der Waals surface area (Å²) in [5.74, 6) is 0. The van der Waals surface area contributed by atoms with Crippen molar-refractivity contribution >= 4 is 7.69 Å². The third-order valence-corrected chi connectivity index (χ3v) is 1.16. The van der Waals surface area contributed by atoms with Crippen LogP contribution in [-0.4, -0.2) is 14.3 Å². The summed E-state index contributed by atoms with van der Waals surface area (Å²) in [6.45, 7) is 6.35. The zero-order chi connectivity index (χ0) is 7.66. The standard InChI is InChI=1S/C7H15BO2/c1-3-5-6-7-10-8-9-4-2/h4,8H,2-3,5-7H2,1H3. The van der Waals surface area contributed by atoms with Crippen LogP contribution in [0.1, 0.15) is 26.2 Å². The molecule has 0 saturated heterocycles. The number of hydrogen-bond donors (Lipinski definition) is 0. The van der Waals surface area contributed by atoms with Crippen LogP contribution in [0.4, 0.5) is 0 Å². The Kier molecular flexibility index (Phi) is 8.19. The third kappa shape index (κ3) is 7.56. The molecule has 0 bridgehead atoms. The van der Waals surface area contributed by atoms with Gasteiger partial charge in [-0.3, -0.25) is 0 Å². The van der Waals surface area contributed by atoms with E-state index in [-0.39, 0.29) is 0 Å². The molecule has 0 radical (unpaired) electrons. The van der Waals surface area contributed by atoms with Gasteiger partial charge in [0.15, 0.2) is 0 Å². The first kappa shape index (κ1) is 9.56. The zero-order valence-corrected chi connectivity index (χ0v) is 6.64. The molecule has 0 aliphatic carbocycles.